The van der Waals surface area contributed by atoms with Crippen molar-refractivity contribution in [3.8, 4) is 11.3 Å². The number of fused-ring (bicyclic) bond motifs is 1. The van der Waals surface area contributed by atoms with E-state index in [1.54, 1.807) is 18.3 Å². The van der Waals surface area contributed by atoms with Crippen LogP contribution in [0.3, 0.4) is 0 Å². The van der Waals surface area contributed by atoms with Crippen LogP contribution in [0.2, 0.25) is 0 Å². The number of aromatic nitrogens is 1. The van der Waals surface area contributed by atoms with Crippen molar-refractivity contribution in [1.29, 1.82) is 5.41 Å². The van der Waals surface area contributed by atoms with Gasteiger partial charge in [0.05, 0.1) is 11.1 Å². The number of hydrogen-bond acceptors (Lipinski definition) is 2. The first-order valence-electron chi connectivity index (χ1n) is 4.05. The Morgan fingerprint density at radius 2 is 2.08 bits per heavy atom. The van der Waals surface area contributed by atoms with Gasteiger partial charge in [-0.15, -0.1) is 0 Å². The van der Waals surface area contributed by atoms with Crippen LogP contribution < -0.4 is 5.36 Å². The average molecular weight is 174 g/mol. The third kappa shape index (κ3) is 1.09. The molecule has 0 amide bonds. The van der Waals surface area contributed by atoms with Crippen molar-refractivity contribution in [3.05, 3.63) is 41.4 Å². The van der Waals surface area contributed by atoms with E-state index in [0.717, 1.165) is 15.9 Å². The quantitative estimate of drug-likeness (QED) is 0.586. The Morgan fingerprint density at radius 1 is 1.31 bits per heavy atom. The van der Waals surface area contributed by atoms with Crippen LogP contribution >= 0.6 is 0 Å². The topological polar surface area (TPSA) is 49.0 Å². The van der Waals surface area contributed by atoms with Crippen molar-refractivity contribution < 1.29 is 5.21 Å². The summed E-state index contributed by atoms with van der Waals surface area (Å²) in [6, 6.07) is 7.12. The Kier molecular flexibility index (Phi) is 1.59. The maximum Gasteiger partial charge on any atom is 0.0915 e. The van der Waals surface area contributed by atoms with E-state index in [4.69, 9.17) is 5.41 Å². The second-order valence-electron chi connectivity index (χ2n) is 3.05. The van der Waals surface area contributed by atoms with Crippen LogP contribution in [0.4, 0.5) is 0 Å². The van der Waals surface area contributed by atoms with Crippen molar-refractivity contribution in [2.24, 2.45) is 0 Å². The second-order valence-corrected chi connectivity index (χ2v) is 3.05. The van der Waals surface area contributed by atoms with Gasteiger partial charge >= 0.3 is 0 Å². The van der Waals surface area contributed by atoms with Gasteiger partial charge < -0.3 is 10.6 Å². The molecule has 0 atom stereocenters. The van der Waals surface area contributed by atoms with E-state index in [-0.39, 0.29) is 0 Å². The van der Waals surface area contributed by atoms with E-state index in [1.807, 2.05) is 19.1 Å². The second kappa shape index (κ2) is 2.62. The Balaban J connectivity index is 2.96. The van der Waals surface area contributed by atoms with Gasteiger partial charge in [0, 0.05) is 11.8 Å². The van der Waals surface area contributed by atoms with Crippen molar-refractivity contribution in [1.82, 2.24) is 4.73 Å². The minimum atomic E-state index is 0.434. The van der Waals surface area contributed by atoms with Gasteiger partial charge in [-0.1, -0.05) is 6.07 Å². The van der Waals surface area contributed by atoms with Crippen LogP contribution in [-0.4, -0.2) is 9.94 Å². The molecule has 0 radical (unpaired) electrons. The first kappa shape index (κ1) is 7.86. The maximum absolute atomic E-state index is 9.51. The van der Waals surface area contributed by atoms with Crippen LogP contribution in [-0.2, 0) is 0 Å². The molecule has 3 nitrogen and oxygen atoms in total. The molecule has 0 bridgehead atoms. The number of benzene rings is 1. The molecule has 13 heavy (non-hydrogen) atoms. The fraction of sp³-hybridized carbons (Fsp3) is 0.100. The highest BCUT2D eigenvalue weighted by Gasteiger charge is 2.08. The van der Waals surface area contributed by atoms with Gasteiger partial charge in [-0.2, -0.15) is 4.73 Å². The van der Waals surface area contributed by atoms with Crippen molar-refractivity contribution in [2.75, 3.05) is 0 Å². The normalized spacial score (nSPS) is 10.5. The number of nitrogens with one attached hydrogen (secondary N) is 1. The zero-order chi connectivity index (χ0) is 9.42. The molecule has 0 unspecified atom stereocenters. The third-order valence-electron chi connectivity index (χ3n) is 2.14. The van der Waals surface area contributed by atoms with Crippen LogP contribution in [0.15, 0.2) is 30.5 Å². The van der Waals surface area contributed by atoms with Crippen LogP contribution in [0.25, 0.3) is 11.3 Å². The lowest BCUT2D eigenvalue weighted by molar-refractivity contribution is 0.188. The van der Waals surface area contributed by atoms with Crippen LogP contribution in [0, 0.1) is 12.3 Å². The molecule has 0 aromatic carbocycles. The summed E-state index contributed by atoms with van der Waals surface area (Å²) >= 11 is 0. The van der Waals surface area contributed by atoms with E-state index in [0.29, 0.717) is 11.1 Å². The predicted molar refractivity (Wildman–Crippen MR) is 48.8 cm³/mol. The number of aryl methyl sites for hydroxylation is 1. The van der Waals surface area contributed by atoms with Gasteiger partial charge in [0.2, 0.25) is 0 Å². The molecule has 0 spiro atoms. The zero-order valence-electron chi connectivity index (χ0n) is 7.28. The van der Waals surface area contributed by atoms with E-state index >= 15 is 0 Å². The molecular weight excluding hydrogens is 164 g/mol. The molecule has 2 rings (SSSR count). The minimum Gasteiger partial charge on any atom is -0.428 e. The van der Waals surface area contributed by atoms with Crippen LogP contribution in [0.1, 0.15) is 5.56 Å². The molecule has 2 aliphatic rings. The molecule has 0 saturated carbocycles. The van der Waals surface area contributed by atoms with Crippen molar-refractivity contribution in [2.45, 2.75) is 6.92 Å². The van der Waals surface area contributed by atoms with Gasteiger partial charge in [0.15, 0.2) is 0 Å². The summed E-state index contributed by atoms with van der Waals surface area (Å²) in [7, 11) is 0. The molecule has 2 N–H and O–H groups in total. The SMILES string of the molecule is Cc1ccc(=N)c2cccn(O)c1-2. The molecule has 1 aliphatic heterocycles. The molecule has 3 heteroatoms. The highest BCUT2D eigenvalue weighted by molar-refractivity contribution is 5.63. The fourth-order valence-corrected chi connectivity index (χ4v) is 1.49. The Labute approximate surface area is 75.7 Å². The standard InChI is InChI=1S/C10H10N2O/c1-7-4-5-9(11)8-3-2-6-12(13)10(7)8/h2-6,11,13H,1H3. The van der Waals surface area contributed by atoms with Gasteiger partial charge in [0.25, 0.3) is 0 Å². The first-order valence-corrected chi connectivity index (χ1v) is 4.05. The van der Waals surface area contributed by atoms with E-state index < -0.39 is 0 Å². The summed E-state index contributed by atoms with van der Waals surface area (Å²) in [4.78, 5) is 0. The van der Waals surface area contributed by atoms with E-state index in [9.17, 15) is 5.21 Å². The minimum absolute atomic E-state index is 0.434. The summed E-state index contributed by atoms with van der Waals surface area (Å²) in [5.74, 6) is 0. The van der Waals surface area contributed by atoms with Crippen molar-refractivity contribution >= 4 is 0 Å². The summed E-state index contributed by atoms with van der Waals surface area (Å²) in [5.41, 5.74) is 2.44. The maximum atomic E-state index is 9.51. The number of hydrogen-bond donors (Lipinski definition) is 2. The van der Waals surface area contributed by atoms with Gasteiger partial charge in [0.1, 0.15) is 0 Å². The lowest BCUT2D eigenvalue weighted by Gasteiger charge is -2.11. The predicted octanol–water partition coefficient (Wildman–Crippen LogP) is 1.62. The Hall–Kier alpha value is -1.77. The molecule has 0 aromatic heterocycles. The van der Waals surface area contributed by atoms with E-state index in [2.05, 4.69) is 0 Å². The number of pyridine rings is 1. The molecular formula is C10H10N2O. The molecule has 0 fully saturated rings. The summed E-state index contributed by atoms with van der Waals surface area (Å²) in [6.07, 6.45) is 1.56. The highest BCUT2D eigenvalue weighted by Crippen LogP contribution is 2.19. The largest absolute Gasteiger partial charge is 0.428 e. The lowest BCUT2D eigenvalue weighted by Crippen LogP contribution is -2.11. The molecule has 1 aliphatic carbocycles. The van der Waals surface area contributed by atoms with Gasteiger partial charge in [-0.25, -0.2) is 0 Å². The molecule has 0 saturated heterocycles. The van der Waals surface area contributed by atoms with Crippen molar-refractivity contribution in [3.63, 3.8) is 0 Å². The average Bonchev–Trinajstić information content (AvgIpc) is 2.12. The zero-order valence-corrected chi connectivity index (χ0v) is 7.28. The number of rotatable bonds is 0. The summed E-state index contributed by atoms with van der Waals surface area (Å²) in [5, 5.41) is 17.6. The van der Waals surface area contributed by atoms with E-state index in [1.165, 1.54) is 0 Å². The summed E-state index contributed by atoms with van der Waals surface area (Å²) < 4.78 is 1.06. The lowest BCUT2D eigenvalue weighted by atomic mass is 10.0. The Morgan fingerprint density at radius 3 is 2.77 bits per heavy atom. The van der Waals surface area contributed by atoms with Gasteiger partial charge in [-0.05, 0) is 30.7 Å². The number of nitrogens with zero attached hydrogens (tertiary/aromatic N) is 1. The Bertz CT molecular complexity index is 473. The highest BCUT2D eigenvalue weighted by atomic mass is 16.5. The van der Waals surface area contributed by atoms with Gasteiger partial charge in [-0.3, -0.25) is 0 Å². The first-order chi connectivity index (χ1) is 6.20. The molecule has 1 heterocycles. The smallest absolute Gasteiger partial charge is 0.0915 e. The molecule has 0 aromatic rings. The fourth-order valence-electron chi connectivity index (χ4n) is 1.49. The van der Waals surface area contributed by atoms with Crippen LogP contribution in [0.5, 0.6) is 0 Å². The monoisotopic (exact) mass is 174 g/mol. The summed E-state index contributed by atoms with van der Waals surface area (Å²) in [6.45, 7) is 1.91. The molecule has 66 valence electrons. The third-order valence-corrected chi connectivity index (χ3v) is 2.14.